The Bertz CT molecular complexity index is 512. The highest BCUT2D eigenvalue weighted by molar-refractivity contribution is 6.39. The molecule has 1 aliphatic carbocycles. The van der Waals surface area contributed by atoms with Gasteiger partial charge in [-0.15, -0.1) is 0 Å². The zero-order valence-electron chi connectivity index (χ0n) is 7.12. The minimum absolute atomic E-state index is 0.865. The summed E-state index contributed by atoms with van der Waals surface area (Å²) in [5.74, 6) is 0. The van der Waals surface area contributed by atoms with E-state index in [9.17, 15) is 0 Å². The van der Waals surface area contributed by atoms with Gasteiger partial charge in [0.25, 0.3) is 0 Å². The molecule has 0 unspecified atom stereocenters. The molecule has 13 heavy (non-hydrogen) atoms. The summed E-state index contributed by atoms with van der Waals surface area (Å²) in [6.07, 6.45) is 4.27. The van der Waals surface area contributed by atoms with Gasteiger partial charge in [0.05, 0.1) is 0 Å². The molecule has 2 aromatic rings. The number of benzene rings is 2. The fourth-order valence-electron chi connectivity index (χ4n) is 1.94. The minimum atomic E-state index is 0.865. The fourth-order valence-corrected chi connectivity index (χ4v) is 1.94. The molecule has 2 aromatic carbocycles. The second kappa shape index (κ2) is 2.26. The van der Waals surface area contributed by atoms with Crippen molar-refractivity contribution >= 4 is 36.2 Å². The smallest absolute Gasteiger partial charge is 0.0889 e. The number of rotatable bonds is 0. The highest BCUT2D eigenvalue weighted by Gasteiger charge is 2.08. The lowest BCUT2D eigenvalue weighted by Gasteiger charge is -2.04. The molecule has 58 valence electrons. The summed E-state index contributed by atoms with van der Waals surface area (Å²) < 4.78 is 0. The fraction of sp³-hybridized carbons (Fsp3) is 0. The summed E-state index contributed by atoms with van der Waals surface area (Å²) in [6.45, 7) is 0. The van der Waals surface area contributed by atoms with Crippen LogP contribution in [0.1, 0.15) is 11.1 Å². The summed E-state index contributed by atoms with van der Waals surface area (Å²) >= 11 is 0. The first-order chi connectivity index (χ1) is 6.36. The largest absolute Gasteiger partial charge is 0.114 e. The molecule has 0 amide bonds. The maximum Gasteiger partial charge on any atom is 0.114 e. The van der Waals surface area contributed by atoms with E-state index in [0.717, 1.165) is 5.46 Å². The summed E-state index contributed by atoms with van der Waals surface area (Å²) in [4.78, 5) is 0. The molecule has 0 N–H and O–H groups in total. The first kappa shape index (κ1) is 6.96. The van der Waals surface area contributed by atoms with E-state index in [1.54, 1.807) is 0 Å². The summed E-state index contributed by atoms with van der Waals surface area (Å²) in [5, 5.41) is 2.46. The van der Waals surface area contributed by atoms with Gasteiger partial charge in [0.15, 0.2) is 0 Å². The van der Waals surface area contributed by atoms with Crippen LogP contribution in [0.3, 0.4) is 0 Å². The van der Waals surface area contributed by atoms with Crippen LogP contribution in [0.5, 0.6) is 0 Å². The molecule has 0 saturated heterocycles. The van der Waals surface area contributed by atoms with Crippen LogP contribution in [-0.2, 0) is 0 Å². The number of hydrogen-bond acceptors (Lipinski definition) is 0. The summed E-state index contributed by atoms with van der Waals surface area (Å²) in [7, 11) is 5.89. The molecule has 0 fully saturated rings. The molecule has 0 spiro atoms. The average Bonchev–Trinajstić information content (AvgIpc) is 2.57. The first-order valence-electron chi connectivity index (χ1n) is 4.35. The van der Waals surface area contributed by atoms with E-state index in [1.807, 2.05) is 12.1 Å². The van der Waals surface area contributed by atoms with E-state index < -0.39 is 0 Å². The first-order valence-corrected chi connectivity index (χ1v) is 4.35. The van der Waals surface area contributed by atoms with Crippen molar-refractivity contribution in [2.24, 2.45) is 0 Å². The highest BCUT2D eigenvalue weighted by atomic mass is 14.1. The molecule has 0 saturated carbocycles. The second-order valence-electron chi connectivity index (χ2n) is 3.35. The molecule has 0 bridgehead atoms. The van der Waals surface area contributed by atoms with E-state index in [1.165, 1.54) is 21.9 Å². The molecule has 2 radical (unpaired) electrons. The Morgan fingerprint density at radius 3 is 2.46 bits per heavy atom. The third-order valence-corrected chi connectivity index (χ3v) is 2.58. The van der Waals surface area contributed by atoms with Crippen LogP contribution in [0.25, 0.3) is 22.9 Å². The normalized spacial score (nSPS) is 12.6. The lowest BCUT2D eigenvalue weighted by atomic mass is 9.88. The van der Waals surface area contributed by atoms with Gasteiger partial charge in [-0.2, -0.15) is 0 Å². The Labute approximate surface area is 78.3 Å². The molecule has 0 aromatic heterocycles. The van der Waals surface area contributed by atoms with Crippen LogP contribution < -0.4 is 5.46 Å². The van der Waals surface area contributed by atoms with Crippen molar-refractivity contribution in [2.45, 2.75) is 0 Å². The second-order valence-corrected chi connectivity index (χ2v) is 3.35. The summed E-state index contributed by atoms with van der Waals surface area (Å²) in [6, 6.07) is 10.3. The van der Waals surface area contributed by atoms with Crippen LogP contribution in [0, 0.1) is 0 Å². The van der Waals surface area contributed by atoms with E-state index >= 15 is 0 Å². The molecular formula is C12H7B. The van der Waals surface area contributed by atoms with Gasteiger partial charge in [0.2, 0.25) is 0 Å². The Kier molecular flexibility index (Phi) is 1.21. The van der Waals surface area contributed by atoms with E-state index in [2.05, 4.69) is 30.4 Å². The Balaban J connectivity index is 2.63. The van der Waals surface area contributed by atoms with Crippen molar-refractivity contribution in [3.8, 4) is 0 Å². The van der Waals surface area contributed by atoms with Crippen molar-refractivity contribution in [3.05, 3.63) is 41.5 Å². The van der Waals surface area contributed by atoms with Gasteiger partial charge in [0, 0.05) is 0 Å². The van der Waals surface area contributed by atoms with Crippen molar-refractivity contribution in [2.75, 3.05) is 0 Å². The van der Waals surface area contributed by atoms with Crippen molar-refractivity contribution in [3.63, 3.8) is 0 Å². The number of hydrogen-bond donors (Lipinski definition) is 0. The lowest BCUT2D eigenvalue weighted by Crippen LogP contribution is -2.03. The van der Waals surface area contributed by atoms with E-state index in [-0.39, 0.29) is 0 Å². The van der Waals surface area contributed by atoms with Gasteiger partial charge in [-0.05, 0) is 21.9 Å². The van der Waals surface area contributed by atoms with Gasteiger partial charge in [-0.3, -0.25) is 0 Å². The zero-order valence-corrected chi connectivity index (χ0v) is 7.12. The Morgan fingerprint density at radius 2 is 1.62 bits per heavy atom. The molecule has 3 rings (SSSR count). The maximum atomic E-state index is 5.89. The van der Waals surface area contributed by atoms with Crippen LogP contribution in [-0.4, -0.2) is 7.85 Å². The lowest BCUT2D eigenvalue weighted by molar-refractivity contribution is 1.75. The Hall–Kier alpha value is -1.50. The van der Waals surface area contributed by atoms with Gasteiger partial charge in [-0.1, -0.05) is 47.9 Å². The molecule has 0 aliphatic heterocycles. The van der Waals surface area contributed by atoms with Gasteiger partial charge in [0.1, 0.15) is 7.85 Å². The van der Waals surface area contributed by atoms with Crippen molar-refractivity contribution in [1.82, 2.24) is 0 Å². The van der Waals surface area contributed by atoms with Gasteiger partial charge < -0.3 is 0 Å². The Morgan fingerprint density at radius 1 is 0.846 bits per heavy atom. The van der Waals surface area contributed by atoms with Crippen LogP contribution >= 0.6 is 0 Å². The maximum absolute atomic E-state index is 5.89. The van der Waals surface area contributed by atoms with Gasteiger partial charge >= 0.3 is 0 Å². The third kappa shape index (κ3) is 0.817. The molecule has 1 heteroatoms. The van der Waals surface area contributed by atoms with E-state index in [4.69, 9.17) is 7.85 Å². The monoisotopic (exact) mass is 162 g/mol. The van der Waals surface area contributed by atoms with E-state index in [0.29, 0.717) is 0 Å². The van der Waals surface area contributed by atoms with Crippen LogP contribution in [0.4, 0.5) is 0 Å². The third-order valence-electron chi connectivity index (χ3n) is 2.58. The van der Waals surface area contributed by atoms with Crippen LogP contribution in [0.15, 0.2) is 30.3 Å². The average molecular weight is 162 g/mol. The molecule has 0 atom stereocenters. The highest BCUT2D eigenvalue weighted by Crippen LogP contribution is 2.29. The minimum Gasteiger partial charge on any atom is -0.0889 e. The topological polar surface area (TPSA) is 0 Å². The molecule has 0 nitrogen and oxygen atoms in total. The molecule has 0 heterocycles. The van der Waals surface area contributed by atoms with Gasteiger partial charge in [-0.25, -0.2) is 0 Å². The quantitative estimate of drug-likeness (QED) is 0.444. The van der Waals surface area contributed by atoms with Crippen molar-refractivity contribution < 1.29 is 0 Å². The SMILES string of the molecule is [B]c1ccc2c3c(cccc13)C=C2. The molecule has 1 aliphatic rings. The predicted octanol–water partition coefficient (Wildman–Crippen LogP) is 2.12. The molecular weight excluding hydrogens is 155 g/mol. The van der Waals surface area contributed by atoms with Crippen molar-refractivity contribution in [1.29, 1.82) is 0 Å². The summed E-state index contributed by atoms with van der Waals surface area (Å²) in [5.41, 5.74) is 3.42. The zero-order chi connectivity index (χ0) is 8.84. The van der Waals surface area contributed by atoms with Crippen LogP contribution in [0.2, 0.25) is 0 Å². The standard InChI is InChI=1S/C12H7B/c13-11-7-6-9-5-4-8-2-1-3-10(11)12(8)9/h1-7H. The predicted molar refractivity (Wildman–Crippen MR) is 58.3 cm³/mol.